The first-order valence-corrected chi connectivity index (χ1v) is 7.19. The first kappa shape index (κ1) is 14.0. The Bertz CT molecular complexity index is 388. The topological polar surface area (TPSA) is 54.0 Å². The molecule has 1 heterocycles. The summed E-state index contributed by atoms with van der Waals surface area (Å²) < 4.78 is 0. The lowest BCUT2D eigenvalue weighted by Crippen LogP contribution is -2.46. The van der Waals surface area contributed by atoms with Crippen LogP contribution in [0.15, 0.2) is 24.4 Å². The predicted octanol–water partition coefficient (Wildman–Crippen LogP) is 2.01. The van der Waals surface area contributed by atoms with E-state index in [0.29, 0.717) is 12.6 Å². The van der Waals surface area contributed by atoms with Crippen molar-refractivity contribution < 1.29 is 4.79 Å². The van der Waals surface area contributed by atoms with Gasteiger partial charge in [0.2, 0.25) is 5.91 Å². The number of rotatable bonds is 5. The molecule has 0 aromatic carbocycles. The lowest BCUT2D eigenvalue weighted by atomic mass is 9.95. The quantitative estimate of drug-likeness (QED) is 0.852. The van der Waals surface area contributed by atoms with E-state index in [4.69, 9.17) is 0 Å². The highest BCUT2D eigenvalue weighted by Gasteiger charge is 2.19. The number of aromatic nitrogens is 1. The zero-order valence-corrected chi connectivity index (χ0v) is 11.6. The van der Waals surface area contributed by atoms with Crippen LogP contribution in [0.1, 0.15) is 44.7 Å². The van der Waals surface area contributed by atoms with Crippen LogP contribution in [-0.2, 0) is 11.3 Å². The maximum absolute atomic E-state index is 12.0. The Balaban J connectivity index is 1.72. The van der Waals surface area contributed by atoms with E-state index in [2.05, 4.69) is 15.6 Å². The monoisotopic (exact) mass is 261 g/mol. The standard InChI is InChI=1S/C15H23N3O/c1-12(17-11-14-9-5-6-10-16-14)15(19)18-13-7-3-2-4-8-13/h5-6,9-10,12-13,17H,2-4,7-8,11H2,1H3,(H,18,19). The molecule has 2 rings (SSSR count). The van der Waals surface area contributed by atoms with Crippen molar-refractivity contribution in [3.63, 3.8) is 0 Å². The molecule has 0 bridgehead atoms. The summed E-state index contributed by atoms with van der Waals surface area (Å²) in [6.07, 6.45) is 7.79. The number of nitrogens with one attached hydrogen (secondary N) is 2. The third-order valence-electron chi connectivity index (χ3n) is 3.66. The second-order valence-electron chi connectivity index (χ2n) is 5.27. The number of carbonyl (C=O) groups excluding carboxylic acids is 1. The lowest BCUT2D eigenvalue weighted by Gasteiger charge is -2.24. The molecule has 1 aliphatic carbocycles. The summed E-state index contributed by atoms with van der Waals surface area (Å²) in [6, 6.07) is 6.00. The Labute approximate surface area is 115 Å². The summed E-state index contributed by atoms with van der Waals surface area (Å²) in [5.41, 5.74) is 0.958. The summed E-state index contributed by atoms with van der Waals surface area (Å²) in [4.78, 5) is 16.3. The SMILES string of the molecule is CC(NCc1ccccn1)C(=O)NC1CCCCC1. The van der Waals surface area contributed by atoms with Crippen LogP contribution in [0.2, 0.25) is 0 Å². The van der Waals surface area contributed by atoms with Gasteiger partial charge in [-0.05, 0) is 31.9 Å². The highest BCUT2D eigenvalue weighted by molar-refractivity contribution is 5.81. The van der Waals surface area contributed by atoms with Crippen LogP contribution in [0.3, 0.4) is 0 Å². The Morgan fingerprint density at radius 1 is 1.37 bits per heavy atom. The molecule has 1 aliphatic rings. The summed E-state index contributed by atoms with van der Waals surface area (Å²) in [6.45, 7) is 2.53. The fourth-order valence-electron chi connectivity index (χ4n) is 2.43. The van der Waals surface area contributed by atoms with Crippen LogP contribution in [0, 0.1) is 0 Å². The molecule has 0 saturated heterocycles. The molecule has 4 nitrogen and oxygen atoms in total. The van der Waals surface area contributed by atoms with Crippen molar-refractivity contribution >= 4 is 5.91 Å². The molecule has 0 aliphatic heterocycles. The van der Waals surface area contributed by atoms with Crippen LogP contribution in [0.5, 0.6) is 0 Å². The largest absolute Gasteiger partial charge is 0.352 e. The molecule has 1 aromatic rings. The number of amides is 1. The molecule has 1 amide bonds. The van der Waals surface area contributed by atoms with Gasteiger partial charge in [0, 0.05) is 18.8 Å². The summed E-state index contributed by atoms with van der Waals surface area (Å²) in [7, 11) is 0. The number of pyridine rings is 1. The van der Waals surface area contributed by atoms with E-state index in [-0.39, 0.29) is 11.9 Å². The molecule has 0 radical (unpaired) electrons. The van der Waals surface area contributed by atoms with Crippen LogP contribution in [0.4, 0.5) is 0 Å². The molecule has 1 fully saturated rings. The Morgan fingerprint density at radius 3 is 2.84 bits per heavy atom. The Morgan fingerprint density at radius 2 is 2.16 bits per heavy atom. The second-order valence-corrected chi connectivity index (χ2v) is 5.27. The molecule has 1 atom stereocenters. The van der Waals surface area contributed by atoms with E-state index < -0.39 is 0 Å². The van der Waals surface area contributed by atoms with Gasteiger partial charge in [-0.25, -0.2) is 0 Å². The smallest absolute Gasteiger partial charge is 0.237 e. The van der Waals surface area contributed by atoms with Crippen molar-refractivity contribution in [3.8, 4) is 0 Å². The summed E-state index contributed by atoms with van der Waals surface area (Å²) >= 11 is 0. The fraction of sp³-hybridized carbons (Fsp3) is 0.600. The third-order valence-corrected chi connectivity index (χ3v) is 3.66. The average molecular weight is 261 g/mol. The van der Waals surface area contributed by atoms with Crippen LogP contribution in [0.25, 0.3) is 0 Å². The summed E-state index contributed by atoms with van der Waals surface area (Å²) in [5.74, 6) is 0.0998. The fourth-order valence-corrected chi connectivity index (χ4v) is 2.43. The van der Waals surface area contributed by atoms with E-state index in [1.165, 1.54) is 19.3 Å². The van der Waals surface area contributed by atoms with Crippen molar-refractivity contribution in [3.05, 3.63) is 30.1 Å². The molecule has 1 unspecified atom stereocenters. The zero-order chi connectivity index (χ0) is 13.5. The minimum atomic E-state index is -0.177. The molecule has 2 N–H and O–H groups in total. The number of hydrogen-bond donors (Lipinski definition) is 2. The maximum Gasteiger partial charge on any atom is 0.237 e. The van der Waals surface area contributed by atoms with Gasteiger partial charge in [0.05, 0.1) is 11.7 Å². The highest BCUT2D eigenvalue weighted by Crippen LogP contribution is 2.17. The van der Waals surface area contributed by atoms with Gasteiger partial charge >= 0.3 is 0 Å². The molecule has 4 heteroatoms. The van der Waals surface area contributed by atoms with Crippen LogP contribution in [-0.4, -0.2) is 23.0 Å². The van der Waals surface area contributed by atoms with E-state index in [0.717, 1.165) is 18.5 Å². The zero-order valence-electron chi connectivity index (χ0n) is 11.6. The maximum atomic E-state index is 12.0. The molecule has 19 heavy (non-hydrogen) atoms. The predicted molar refractivity (Wildman–Crippen MR) is 75.6 cm³/mol. The number of hydrogen-bond acceptors (Lipinski definition) is 3. The number of carbonyl (C=O) groups is 1. The van der Waals surface area contributed by atoms with Crippen LogP contribution < -0.4 is 10.6 Å². The van der Waals surface area contributed by atoms with E-state index in [9.17, 15) is 4.79 Å². The lowest BCUT2D eigenvalue weighted by molar-refractivity contribution is -0.123. The van der Waals surface area contributed by atoms with Crippen molar-refractivity contribution in [2.75, 3.05) is 0 Å². The highest BCUT2D eigenvalue weighted by atomic mass is 16.2. The summed E-state index contributed by atoms with van der Waals surface area (Å²) in [5, 5.41) is 6.35. The van der Waals surface area contributed by atoms with Gasteiger partial charge in [-0.15, -0.1) is 0 Å². The van der Waals surface area contributed by atoms with E-state index in [1.807, 2.05) is 25.1 Å². The van der Waals surface area contributed by atoms with Crippen LogP contribution >= 0.6 is 0 Å². The second kappa shape index (κ2) is 7.24. The molecule has 1 saturated carbocycles. The normalized spacial score (nSPS) is 17.9. The average Bonchev–Trinajstić information content (AvgIpc) is 2.47. The van der Waals surface area contributed by atoms with Gasteiger partial charge in [-0.2, -0.15) is 0 Å². The Kier molecular flexibility index (Phi) is 5.33. The van der Waals surface area contributed by atoms with Gasteiger partial charge in [0.1, 0.15) is 0 Å². The number of nitrogens with zero attached hydrogens (tertiary/aromatic N) is 1. The van der Waals surface area contributed by atoms with Crippen molar-refractivity contribution in [1.29, 1.82) is 0 Å². The van der Waals surface area contributed by atoms with Crippen molar-refractivity contribution in [1.82, 2.24) is 15.6 Å². The molecule has 0 spiro atoms. The van der Waals surface area contributed by atoms with Crippen molar-refractivity contribution in [2.45, 2.75) is 57.7 Å². The van der Waals surface area contributed by atoms with Gasteiger partial charge < -0.3 is 10.6 Å². The van der Waals surface area contributed by atoms with Gasteiger partial charge in [-0.3, -0.25) is 9.78 Å². The molecule has 1 aromatic heterocycles. The third kappa shape index (κ3) is 4.63. The molecule has 104 valence electrons. The minimum Gasteiger partial charge on any atom is -0.352 e. The first-order valence-electron chi connectivity index (χ1n) is 7.19. The van der Waals surface area contributed by atoms with E-state index >= 15 is 0 Å². The van der Waals surface area contributed by atoms with E-state index in [1.54, 1.807) is 6.20 Å². The van der Waals surface area contributed by atoms with Gasteiger partial charge in [0.25, 0.3) is 0 Å². The van der Waals surface area contributed by atoms with Crippen molar-refractivity contribution in [2.24, 2.45) is 0 Å². The molecular weight excluding hydrogens is 238 g/mol. The first-order chi connectivity index (χ1) is 9.25. The van der Waals surface area contributed by atoms with Gasteiger partial charge in [0.15, 0.2) is 0 Å². The Hall–Kier alpha value is -1.42. The molecular formula is C15H23N3O. The van der Waals surface area contributed by atoms with Gasteiger partial charge in [-0.1, -0.05) is 25.3 Å². The minimum absolute atomic E-state index is 0.0998.